The number of likely N-dealkylation sites (tertiary alicyclic amines) is 1. The highest BCUT2D eigenvalue weighted by atomic mass is 19.1. The smallest absolute Gasteiger partial charge is 0.326 e. The molecule has 1 aliphatic heterocycles. The van der Waals surface area contributed by atoms with E-state index in [1.807, 2.05) is 0 Å². The summed E-state index contributed by atoms with van der Waals surface area (Å²) in [5.41, 5.74) is 5.53. The van der Waals surface area contributed by atoms with Crippen LogP contribution in [0.15, 0.2) is 18.2 Å². The molecule has 1 aliphatic rings. The number of carboxylic acids is 1. The lowest BCUT2D eigenvalue weighted by Gasteiger charge is -2.37. The molecule has 0 aliphatic carbocycles. The fourth-order valence-electron chi connectivity index (χ4n) is 2.65. The average molecular weight is 280 g/mol. The predicted octanol–water partition coefficient (Wildman–Crippen LogP) is 1.73. The molecule has 0 spiro atoms. The van der Waals surface area contributed by atoms with E-state index in [1.54, 1.807) is 6.92 Å². The van der Waals surface area contributed by atoms with Gasteiger partial charge in [-0.05, 0) is 37.0 Å². The Labute approximate surface area is 116 Å². The van der Waals surface area contributed by atoms with E-state index in [9.17, 15) is 19.1 Å². The van der Waals surface area contributed by atoms with Crippen molar-refractivity contribution in [3.8, 4) is 0 Å². The Morgan fingerprint density at radius 3 is 2.75 bits per heavy atom. The third-order valence-electron chi connectivity index (χ3n) is 3.67. The number of hydrogen-bond acceptors (Lipinski definition) is 3. The van der Waals surface area contributed by atoms with Crippen LogP contribution in [-0.4, -0.2) is 34.5 Å². The highest BCUT2D eigenvalue weighted by Gasteiger charge is 2.37. The van der Waals surface area contributed by atoms with Gasteiger partial charge >= 0.3 is 5.97 Å². The first-order valence-electron chi connectivity index (χ1n) is 6.50. The minimum Gasteiger partial charge on any atom is -0.480 e. The number of halogens is 1. The summed E-state index contributed by atoms with van der Waals surface area (Å²) in [6, 6.07) is 2.88. The number of anilines is 1. The number of aliphatic carboxylic acids is 1. The van der Waals surface area contributed by atoms with Crippen LogP contribution >= 0.6 is 0 Å². The van der Waals surface area contributed by atoms with Crippen LogP contribution in [0.25, 0.3) is 0 Å². The second kappa shape index (κ2) is 5.48. The number of nitrogens with zero attached hydrogens (tertiary/aromatic N) is 1. The second-order valence-electron chi connectivity index (χ2n) is 5.14. The number of carboxylic acid groups (broad SMARTS) is 1. The summed E-state index contributed by atoms with van der Waals surface area (Å²) in [5, 5.41) is 9.28. The molecule has 0 saturated carbocycles. The van der Waals surface area contributed by atoms with Crippen molar-refractivity contribution in [3.05, 3.63) is 29.6 Å². The van der Waals surface area contributed by atoms with Crippen LogP contribution in [0, 0.1) is 11.7 Å². The molecule has 2 atom stereocenters. The Morgan fingerprint density at radius 1 is 1.45 bits per heavy atom. The summed E-state index contributed by atoms with van der Waals surface area (Å²) in [7, 11) is 0. The van der Waals surface area contributed by atoms with Gasteiger partial charge in [-0.25, -0.2) is 9.18 Å². The van der Waals surface area contributed by atoms with Crippen molar-refractivity contribution in [1.82, 2.24) is 4.90 Å². The number of benzene rings is 1. The maximum atomic E-state index is 13.8. The molecule has 1 amide bonds. The molecule has 6 heteroatoms. The Bertz CT molecular complexity index is 547. The van der Waals surface area contributed by atoms with Crippen LogP contribution in [0.3, 0.4) is 0 Å². The number of nitrogen functional groups attached to an aromatic ring is 1. The van der Waals surface area contributed by atoms with Gasteiger partial charge in [-0.1, -0.05) is 6.92 Å². The summed E-state index contributed by atoms with van der Waals surface area (Å²) in [6.07, 6.45) is 1.46. The first-order valence-corrected chi connectivity index (χ1v) is 6.50. The first-order chi connectivity index (χ1) is 9.41. The van der Waals surface area contributed by atoms with Crippen molar-refractivity contribution in [3.63, 3.8) is 0 Å². The van der Waals surface area contributed by atoms with E-state index in [2.05, 4.69) is 0 Å². The lowest BCUT2D eigenvalue weighted by molar-refractivity contribution is -0.145. The van der Waals surface area contributed by atoms with E-state index < -0.39 is 23.7 Å². The molecule has 0 bridgehead atoms. The summed E-state index contributed by atoms with van der Waals surface area (Å²) in [5.74, 6) is -2.53. The SMILES string of the molecule is CC1CCCN(C(=O)c2ccc(N)cc2F)C1C(=O)O. The molecule has 1 saturated heterocycles. The zero-order chi connectivity index (χ0) is 14.9. The molecular weight excluding hydrogens is 263 g/mol. The highest BCUT2D eigenvalue weighted by molar-refractivity contribution is 5.97. The molecule has 1 aromatic rings. The number of carbonyl (C=O) groups is 2. The zero-order valence-electron chi connectivity index (χ0n) is 11.2. The molecule has 1 heterocycles. The van der Waals surface area contributed by atoms with Gasteiger partial charge in [0.15, 0.2) is 0 Å². The van der Waals surface area contributed by atoms with E-state index in [0.717, 1.165) is 12.5 Å². The summed E-state index contributed by atoms with van der Waals surface area (Å²) in [4.78, 5) is 25.0. The standard InChI is InChI=1S/C14H17FN2O3/c1-8-3-2-6-17(12(8)14(19)20)13(18)10-5-4-9(16)7-11(10)15/h4-5,7-8,12H,2-3,6,16H2,1H3,(H,19,20). The Hall–Kier alpha value is -2.11. The van der Waals surface area contributed by atoms with E-state index in [1.165, 1.54) is 17.0 Å². The van der Waals surface area contributed by atoms with Crippen molar-refractivity contribution >= 4 is 17.6 Å². The second-order valence-corrected chi connectivity index (χ2v) is 5.14. The third-order valence-corrected chi connectivity index (χ3v) is 3.67. The van der Waals surface area contributed by atoms with Crippen molar-refractivity contribution in [2.75, 3.05) is 12.3 Å². The van der Waals surface area contributed by atoms with Gasteiger partial charge in [-0.2, -0.15) is 0 Å². The molecule has 1 aromatic carbocycles. The van der Waals surface area contributed by atoms with Crippen LogP contribution in [-0.2, 0) is 4.79 Å². The fourth-order valence-corrected chi connectivity index (χ4v) is 2.65. The van der Waals surface area contributed by atoms with Gasteiger partial charge in [0.1, 0.15) is 11.9 Å². The summed E-state index contributed by atoms with van der Waals surface area (Å²) < 4.78 is 13.8. The summed E-state index contributed by atoms with van der Waals surface area (Å²) >= 11 is 0. The Morgan fingerprint density at radius 2 is 2.15 bits per heavy atom. The summed E-state index contributed by atoms with van der Waals surface area (Å²) in [6.45, 7) is 2.11. The topological polar surface area (TPSA) is 83.6 Å². The van der Waals surface area contributed by atoms with E-state index in [0.29, 0.717) is 13.0 Å². The van der Waals surface area contributed by atoms with E-state index >= 15 is 0 Å². The number of carbonyl (C=O) groups excluding carboxylic acids is 1. The lowest BCUT2D eigenvalue weighted by atomic mass is 9.90. The van der Waals surface area contributed by atoms with Crippen LogP contribution < -0.4 is 5.73 Å². The van der Waals surface area contributed by atoms with Gasteiger partial charge in [0.25, 0.3) is 5.91 Å². The molecule has 2 rings (SSSR count). The van der Waals surface area contributed by atoms with E-state index in [-0.39, 0.29) is 17.2 Å². The maximum Gasteiger partial charge on any atom is 0.326 e. The van der Waals surface area contributed by atoms with Gasteiger partial charge in [-0.3, -0.25) is 4.79 Å². The molecule has 20 heavy (non-hydrogen) atoms. The van der Waals surface area contributed by atoms with E-state index in [4.69, 9.17) is 5.73 Å². The quantitative estimate of drug-likeness (QED) is 0.808. The number of nitrogens with two attached hydrogens (primary N) is 1. The maximum absolute atomic E-state index is 13.8. The molecule has 0 aromatic heterocycles. The van der Waals surface area contributed by atoms with Crippen LogP contribution in [0.1, 0.15) is 30.1 Å². The molecule has 2 unspecified atom stereocenters. The van der Waals surface area contributed by atoms with Crippen molar-refractivity contribution in [1.29, 1.82) is 0 Å². The van der Waals surface area contributed by atoms with Crippen LogP contribution in [0.5, 0.6) is 0 Å². The number of rotatable bonds is 2. The molecule has 3 N–H and O–H groups in total. The van der Waals surface area contributed by atoms with Crippen LogP contribution in [0.4, 0.5) is 10.1 Å². The minimum absolute atomic E-state index is 0.139. The van der Waals surface area contributed by atoms with Crippen molar-refractivity contribution in [2.45, 2.75) is 25.8 Å². The number of amides is 1. The largest absolute Gasteiger partial charge is 0.480 e. The average Bonchev–Trinajstić information content (AvgIpc) is 2.37. The lowest BCUT2D eigenvalue weighted by Crippen LogP contribution is -2.52. The monoisotopic (exact) mass is 280 g/mol. The number of hydrogen-bond donors (Lipinski definition) is 2. The molecule has 0 radical (unpaired) electrons. The third kappa shape index (κ3) is 2.59. The normalized spacial score (nSPS) is 22.6. The van der Waals surface area contributed by atoms with Gasteiger partial charge in [0.05, 0.1) is 5.56 Å². The zero-order valence-corrected chi connectivity index (χ0v) is 11.2. The first kappa shape index (κ1) is 14.3. The van der Waals surface area contributed by atoms with Gasteiger partial charge in [0.2, 0.25) is 0 Å². The molecule has 5 nitrogen and oxygen atoms in total. The predicted molar refractivity (Wildman–Crippen MR) is 71.7 cm³/mol. The van der Waals surface area contributed by atoms with Crippen molar-refractivity contribution in [2.24, 2.45) is 5.92 Å². The fraction of sp³-hybridized carbons (Fsp3) is 0.429. The van der Waals surface area contributed by atoms with Crippen LogP contribution in [0.2, 0.25) is 0 Å². The minimum atomic E-state index is -1.05. The Kier molecular flexibility index (Phi) is 3.92. The van der Waals surface area contributed by atoms with Gasteiger partial charge < -0.3 is 15.7 Å². The Balaban J connectivity index is 2.33. The number of piperidine rings is 1. The van der Waals surface area contributed by atoms with Gasteiger partial charge in [0, 0.05) is 12.2 Å². The van der Waals surface area contributed by atoms with Gasteiger partial charge in [-0.15, -0.1) is 0 Å². The van der Waals surface area contributed by atoms with Crippen molar-refractivity contribution < 1.29 is 19.1 Å². The molecule has 1 fully saturated rings. The highest BCUT2D eigenvalue weighted by Crippen LogP contribution is 2.26. The molecular formula is C14H17FN2O3. The molecule has 108 valence electrons.